The van der Waals surface area contributed by atoms with Crippen LogP contribution in [0.3, 0.4) is 0 Å². The molecule has 1 aliphatic heterocycles. The van der Waals surface area contributed by atoms with Crippen LogP contribution in [0.4, 0.5) is 0 Å². The Morgan fingerprint density at radius 3 is 2.70 bits per heavy atom. The smallest absolute Gasteiger partial charge is 0.264 e. The summed E-state index contributed by atoms with van der Waals surface area (Å²) in [6.07, 6.45) is 3.27. The van der Waals surface area contributed by atoms with E-state index in [2.05, 4.69) is 62.1 Å². The lowest BCUT2D eigenvalue weighted by atomic mass is 9.95. The van der Waals surface area contributed by atoms with Gasteiger partial charge in [0, 0.05) is 12.1 Å². The van der Waals surface area contributed by atoms with E-state index >= 15 is 0 Å². The second-order valence-corrected chi connectivity index (χ2v) is 9.14. The zero-order chi connectivity index (χ0) is 21.1. The van der Waals surface area contributed by atoms with E-state index in [0.717, 1.165) is 35.6 Å². The van der Waals surface area contributed by atoms with Crippen LogP contribution in [0.5, 0.6) is 5.75 Å². The molecule has 4 rings (SSSR count). The van der Waals surface area contributed by atoms with Gasteiger partial charge in [-0.25, -0.2) is 0 Å². The molecule has 1 unspecified atom stereocenters. The lowest BCUT2D eigenvalue weighted by molar-refractivity contribution is 0.0616. The molecule has 0 radical (unpaired) electrons. The van der Waals surface area contributed by atoms with Crippen LogP contribution in [0.1, 0.15) is 62.8 Å². The third-order valence-corrected chi connectivity index (χ3v) is 6.94. The van der Waals surface area contributed by atoms with Crippen molar-refractivity contribution in [3.05, 3.63) is 86.6 Å². The summed E-state index contributed by atoms with van der Waals surface area (Å²) in [6.45, 7) is 7.59. The van der Waals surface area contributed by atoms with E-state index in [4.69, 9.17) is 4.74 Å². The van der Waals surface area contributed by atoms with E-state index in [1.165, 1.54) is 40.0 Å². The highest BCUT2D eigenvalue weighted by atomic mass is 32.1. The molecule has 2 heterocycles. The number of nitrogens with zero attached hydrogens (tertiary/aromatic N) is 1. The van der Waals surface area contributed by atoms with E-state index in [9.17, 15) is 4.79 Å². The molecule has 1 amide bonds. The maximum absolute atomic E-state index is 13.3. The van der Waals surface area contributed by atoms with Gasteiger partial charge in [-0.1, -0.05) is 36.4 Å². The number of benzene rings is 2. The summed E-state index contributed by atoms with van der Waals surface area (Å²) in [4.78, 5) is 16.2. The van der Waals surface area contributed by atoms with Crippen molar-refractivity contribution in [1.29, 1.82) is 0 Å². The maximum Gasteiger partial charge on any atom is 0.264 e. The third kappa shape index (κ3) is 4.44. The van der Waals surface area contributed by atoms with Gasteiger partial charge in [0.25, 0.3) is 5.91 Å². The van der Waals surface area contributed by atoms with Gasteiger partial charge in [0.2, 0.25) is 0 Å². The summed E-state index contributed by atoms with van der Waals surface area (Å²) in [6, 6.07) is 16.8. The Morgan fingerprint density at radius 2 is 1.90 bits per heavy atom. The molecule has 2 aromatic carbocycles. The average molecular weight is 420 g/mol. The van der Waals surface area contributed by atoms with Crippen molar-refractivity contribution in [1.82, 2.24) is 4.90 Å². The normalized spacial score (nSPS) is 16.5. The number of hydrogen-bond acceptors (Lipinski definition) is 3. The first kappa shape index (κ1) is 20.7. The third-order valence-electron chi connectivity index (χ3n) is 5.97. The van der Waals surface area contributed by atoms with Crippen LogP contribution in [0.25, 0.3) is 0 Å². The highest BCUT2D eigenvalue weighted by Crippen LogP contribution is 2.33. The van der Waals surface area contributed by atoms with Crippen LogP contribution in [-0.2, 0) is 6.61 Å². The minimum Gasteiger partial charge on any atom is -0.489 e. The van der Waals surface area contributed by atoms with E-state index in [-0.39, 0.29) is 11.9 Å². The fraction of sp³-hybridized carbons (Fsp3) is 0.346. The quantitative estimate of drug-likeness (QED) is 0.465. The van der Waals surface area contributed by atoms with Gasteiger partial charge in [0.1, 0.15) is 12.4 Å². The summed E-state index contributed by atoms with van der Waals surface area (Å²) >= 11 is 1.52. The van der Waals surface area contributed by atoms with Crippen LogP contribution < -0.4 is 4.74 Å². The van der Waals surface area contributed by atoms with E-state index in [1.54, 1.807) is 0 Å². The van der Waals surface area contributed by atoms with Gasteiger partial charge in [-0.3, -0.25) is 4.79 Å². The topological polar surface area (TPSA) is 29.5 Å². The van der Waals surface area contributed by atoms with Gasteiger partial charge >= 0.3 is 0 Å². The molecule has 1 aliphatic rings. The van der Waals surface area contributed by atoms with Crippen molar-refractivity contribution >= 4 is 17.2 Å². The van der Waals surface area contributed by atoms with Crippen molar-refractivity contribution in [2.24, 2.45) is 0 Å². The lowest BCUT2D eigenvalue weighted by Gasteiger charge is -2.36. The maximum atomic E-state index is 13.3. The molecule has 3 aromatic rings. The molecule has 4 heteroatoms. The average Bonchev–Trinajstić information content (AvgIpc) is 3.24. The number of rotatable bonds is 5. The van der Waals surface area contributed by atoms with Crippen LogP contribution >= 0.6 is 11.3 Å². The zero-order valence-electron chi connectivity index (χ0n) is 18.0. The molecular weight excluding hydrogens is 390 g/mol. The standard InChI is InChI=1S/C26H29NO2S/c1-18-13-19(2)20(3)24(14-18)29-16-21-15-25(30-17-21)26(28)27-12-8-7-11-23(27)22-9-5-4-6-10-22/h4-6,9-10,13-15,17,23H,7-8,11-12,16H2,1-3H3. The lowest BCUT2D eigenvalue weighted by Crippen LogP contribution is -2.38. The highest BCUT2D eigenvalue weighted by molar-refractivity contribution is 7.12. The Kier molecular flexibility index (Phi) is 6.24. The Balaban J connectivity index is 1.47. The van der Waals surface area contributed by atoms with Crippen molar-refractivity contribution in [2.45, 2.75) is 52.7 Å². The number of piperidine rings is 1. The minimum absolute atomic E-state index is 0.141. The van der Waals surface area contributed by atoms with E-state index in [1.807, 2.05) is 17.5 Å². The molecular formula is C26H29NO2S. The molecule has 0 aliphatic carbocycles. The molecule has 0 spiro atoms. The van der Waals surface area contributed by atoms with Gasteiger partial charge in [-0.05, 0) is 79.8 Å². The fourth-order valence-corrected chi connectivity index (χ4v) is 5.07. The van der Waals surface area contributed by atoms with Crippen LogP contribution in [0.2, 0.25) is 0 Å². The summed E-state index contributed by atoms with van der Waals surface area (Å²) in [5, 5.41) is 2.05. The number of thiophene rings is 1. The molecule has 0 N–H and O–H groups in total. The summed E-state index contributed by atoms with van der Waals surface area (Å²) < 4.78 is 6.10. The molecule has 3 nitrogen and oxygen atoms in total. The molecule has 0 saturated carbocycles. The van der Waals surface area contributed by atoms with Gasteiger partial charge in [0.15, 0.2) is 0 Å². The number of carbonyl (C=O) groups excluding carboxylic acids is 1. The molecule has 1 saturated heterocycles. The summed E-state index contributed by atoms with van der Waals surface area (Å²) in [7, 11) is 0. The first-order chi connectivity index (χ1) is 14.5. The number of hydrogen-bond donors (Lipinski definition) is 0. The number of amides is 1. The first-order valence-corrected chi connectivity index (χ1v) is 11.5. The number of carbonyl (C=O) groups is 1. The molecule has 30 heavy (non-hydrogen) atoms. The largest absolute Gasteiger partial charge is 0.489 e. The molecule has 1 atom stereocenters. The van der Waals surface area contributed by atoms with Gasteiger partial charge < -0.3 is 9.64 Å². The predicted octanol–water partition coefficient (Wildman–Crippen LogP) is 6.62. The van der Waals surface area contributed by atoms with Crippen molar-refractivity contribution in [2.75, 3.05) is 6.54 Å². The Bertz CT molecular complexity index is 1020. The molecule has 1 fully saturated rings. The van der Waals surface area contributed by atoms with Gasteiger partial charge in [0.05, 0.1) is 10.9 Å². The van der Waals surface area contributed by atoms with Crippen molar-refractivity contribution < 1.29 is 9.53 Å². The first-order valence-electron chi connectivity index (χ1n) is 10.7. The Morgan fingerprint density at radius 1 is 1.10 bits per heavy atom. The molecule has 0 bridgehead atoms. The van der Waals surface area contributed by atoms with Crippen molar-refractivity contribution in [3.8, 4) is 5.75 Å². The summed E-state index contributed by atoms with van der Waals surface area (Å²) in [5.74, 6) is 1.06. The second kappa shape index (κ2) is 9.05. The van der Waals surface area contributed by atoms with Crippen LogP contribution in [0, 0.1) is 20.8 Å². The van der Waals surface area contributed by atoms with Crippen molar-refractivity contribution in [3.63, 3.8) is 0 Å². The SMILES string of the molecule is Cc1cc(C)c(C)c(OCc2csc(C(=O)N3CCCCC3c3ccccc3)c2)c1. The Labute approximate surface area is 183 Å². The number of ether oxygens (including phenoxy) is 1. The molecule has 156 valence electrons. The second-order valence-electron chi connectivity index (χ2n) is 8.23. The Hall–Kier alpha value is -2.59. The monoisotopic (exact) mass is 419 g/mol. The molecule has 1 aromatic heterocycles. The summed E-state index contributed by atoms with van der Waals surface area (Å²) in [5.41, 5.74) is 5.90. The van der Waals surface area contributed by atoms with E-state index in [0.29, 0.717) is 6.61 Å². The highest BCUT2D eigenvalue weighted by Gasteiger charge is 2.29. The zero-order valence-corrected chi connectivity index (χ0v) is 18.8. The van der Waals surface area contributed by atoms with Crippen LogP contribution in [-0.4, -0.2) is 17.4 Å². The fourth-order valence-electron chi connectivity index (χ4n) is 4.21. The number of likely N-dealkylation sites (tertiary alicyclic amines) is 1. The minimum atomic E-state index is 0.141. The van der Waals surface area contributed by atoms with Gasteiger partial charge in [-0.2, -0.15) is 0 Å². The predicted molar refractivity (Wildman–Crippen MR) is 123 cm³/mol. The number of aryl methyl sites for hydroxylation is 2. The van der Waals surface area contributed by atoms with Gasteiger partial charge in [-0.15, -0.1) is 11.3 Å². The van der Waals surface area contributed by atoms with E-state index < -0.39 is 0 Å². The van der Waals surface area contributed by atoms with Crippen LogP contribution in [0.15, 0.2) is 53.9 Å².